The summed E-state index contributed by atoms with van der Waals surface area (Å²) in [6.07, 6.45) is 10.9. The largest absolute Gasteiger partial charge is 0.371 e. The maximum atomic E-state index is 12.4. The Balaban J connectivity index is 1.67. The van der Waals surface area contributed by atoms with Crippen LogP contribution >= 0.6 is 0 Å². The fraction of sp³-hybridized carbons (Fsp3) is 0.400. The van der Waals surface area contributed by atoms with E-state index in [2.05, 4.69) is 28.2 Å². The van der Waals surface area contributed by atoms with Gasteiger partial charge in [0.15, 0.2) is 0 Å². The van der Waals surface area contributed by atoms with E-state index >= 15 is 0 Å². The highest BCUT2D eigenvalue weighted by molar-refractivity contribution is 5.91. The number of aromatic nitrogens is 2. The first-order chi connectivity index (χ1) is 12.1. The Bertz CT molecular complexity index is 744. The van der Waals surface area contributed by atoms with Gasteiger partial charge in [-0.25, -0.2) is 0 Å². The zero-order valence-corrected chi connectivity index (χ0v) is 15.1. The van der Waals surface area contributed by atoms with Gasteiger partial charge in [-0.3, -0.25) is 9.48 Å². The minimum Gasteiger partial charge on any atom is -0.371 e. The molecule has 5 nitrogen and oxygen atoms in total. The summed E-state index contributed by atoms with van der Waals surface area (Å²) in [5.74, 6) is -0.00250. The predicted molar refractivity (Wildman–Crippen MR) is 101 cm³/mol. The van der Waals surface area contributed by atoms with Crippen LogP contribution in [-0.2, 0) is 18.4 Å². The molecule has 25 heavy (non-hydrogen) atoms. The minimum absolute atomic E-state index is 0.00250. The van der Waals surface area contributed by atoms with Crippen LogP contribution in [0.3, 0.4) is 0 Å². The number of hydrogen-bond acceptors (Lipinski definition) is 3. The van der Waals surface area contributed by atoms with Crippen molar-refractivity contribution >= 4 is 17.7 Å². The third kappa shape index (κ3) is 4.50. The van der Waals surface area contributed by atoms with Crippen molar-refractivity contribution in [1.29, 1.82) is 0 Å². The van der Waals surface area contributed by atoms with E-state index in [4.69, 9.17) is 0 Å². The van der Waals surface area contributed by atoms with Crippen LogP contribution in [-0.4, -0.2) is 40.7 Å². The molecule has 0 spiro atoms. The zero-order valence-electron chi connectivity index (χ0n) is 15.1. The first-order valence-electron chi connectivity index (χ1n) is 8.88. The number of rotatable bonds is 5. The van der Waals surface area contributed by atoms with E-state index in [0.29, 0.717) is 6.54 Å². The number of hydrogen-bond donors (Lipinski definition) is 0. The van der Waals surface area contributed by atoms with E-state index in [1.165, 1.54) is 30.5 Å². The van der Waals surface area contributed by atoms with E-state index in [1.807, 2.05) is 32.4 Å². The van der Waals surface area contributed by atoms with Gasteiger partial charge in [-0.1, -0.05) is 18.2 Å². The van der Waals surface area contributed by atoms with Crippen molar-refractivity contribution in [3.63, 3.8) is 0 Å². The van der Waals surface area contributed by atoms with Gasteiger partial charge < -0.3 is 9.80 Å². The molecule has 132 valence electrons. The number of aryl methyl sites for hydroxylation is 1. The van der Waals surface area contributed by atoms with Crippen molar-refractivity contribution in [2.75, 3.05) is 25.0 Å². The zero-order chi connectivity index (χ0) is 17.6. The Kier molecular flexibility index (Phi) is 5.53. The van der Waals surface area contributed by atoms with Crippen LogP contribution in [0.1, 0.15) is 30.4 Å². The third-order valence-corrected chi connectivity index (χ3v) is 4.62. The summed E-state index contributed by atoms with van der Waals surface area (Å²) < 4.78 is 1.72. The lowest BCUT2D eigenvalue weighted by atomic mass is 10.1. The summed E-state index contributed by atoms with van der Waals surface area (Å²) >= 11 is 0. The van der Waals surface area contributed by atoms with Gasteiger partial charge in [0, 0.05) is 57.3 Å². The molecule has 3 rings (SSSR count). The molecule has 1 amide bonds. The van der Waals surface area contributed by atoms with E-state index in [-0.39, 0.29) is 5.91 Å². The topological polar surface area (TPSA) is 41.4 Å². The summed E-state index contributed by atoms with van der Waals surface area (Å²) in [7, 11) is 3.71. The standard InChI is InChI=1S/C20H26N4O/c1-22(20(25)11-10-17-14-21-23(2)15-17)16-18-8-4-5-9-19(18)24-12-6-3-7-13-24/h4-5,8-11,14-15H,3,6-7,12-13,16H2,1-2H3/b11-10+. The number of benzene rings is 1. The normalized spacial score (nSPS) is 14.9. The lowest BCUT2D eigenvalue weighted by Crippen LogP contribution is -2.31. The second kappa shape index (κ2) is 8.01. The third-order valence-electron chi connectivity index (χ3n) is 4.62. The van der Waals surface area contributed by atoms with Crippen LogP contribution in [0.5, 0.6) is 0 Å². The number of anilines is 1. The number of nitrogens with zero attached hydrogens (tertiary/aromatic N) is 4. The second-order valence-corrected chi connectivity index (χ2v) is 6.65. The quantitative estimate of drug-likeness (QED) is 0.787. The van der Waals surface area contributed by atoms with E-state index in [1.54, 1.807) is 21.9 Å². The van der Waals surface area contributed by atoms with E-state index in [0.717, 1.165) is 18.7 Å². The second-order valence-electron chi connectivity index (χ2n) is 6.65. The predicted octanol–water partition coefficient (Wildman–Crippen LogP) is 3.08. The molecule has 0 radical (unpaired) electrons. The van der Waals surface area contributed by atoms with Crippen LogP contribution in [0.15, 0.2) is 42.7 Å². The molecular weight excluding hydrogens is 312 g/mol. The molecule has 1 aliphatic heterocycles. The highest BCUT2D eigenvalue weighted by atomic mass is 16.2. The summed E-state index contributed by atoms with van der Waals surface area (Å²) in [6.45, 7) is 2.83. The molecule has 0 N–H and O–H groups in total. The molecule has 0 saturated carbocycles. The van der Waals surface area contributed by atoms with Crippen molar-refractivity contribution in [3.05, 3.63) is 53.9 Å². The highest BCUT2D eigenvalue weighted by Crippen LogP contribution is 2.25. The fourth-order valence-corrected chi connectivity index (χ4v) is 3.24. The fourth-order valence-electron chi connectivity index (χ4n) is 3.24. The van der Waals surface area contributed by atoms with Crippen molar-refractivity contribution < 1.29 is 4.79 Å². The molecule has 1 aliphatic rings. The summed E-state index contributed by atoms with van der Waals surface area (Å²) in [4.78, 5) is 16.6. The first-order valence-corrected chi connectivity index (χ1v) is 8.88. The van der Waals surface area contributed by atoms with Crippen molar-refractivity contribution in [3.8, 4) is 0 Å². The Morgan fingerprint density at radius 2 is 2.00 bits per heavy atom. The average molecular weight is 338 g/mol. The van der Waals surface area contributed by atoms with Gasteiger partial charge in [-0.05, 0) is 37.0 Å². The summed E-state index contributed by atoms with van der Waals surface area (Å²) in [6, 6.07) is 8.42. The number of amides is 1. The lowest BCUT2D eigenvalue weighted by Gasteiger charge is -2.31. The monoisotopic (exact) mass is 338 g/mol. The maximum absolute atomic E-state index is 12.4. The maximum Gasteiger partial charge on any atom is 0.246 e. The van der Waals surface area contributed by atoms with Crippen LogP contribution in [0.4, 0.5) is 5.69 Å². The van der Waals surface area contributed by atoms with Crippen LogP contribution in [0, 0.1) is 0 Å². The van der Waals surface area contributed by atoms with Crippen molar-refractivity contribution in [2.45, 2.75) is 25.8 Å². The molecule has 0 atom stereocenters. The SMILES string of the molecule is CN(Cc1ccccc1N1CCCCC1)C(=O)/C=C/c1cnn(C)c1. The minimum atomic E-state index is -0.00250. The first kappa shape index (κ1) is 17.3. The van der Waals surface area contributed by atoms with Gasteiger partial charge in [0.25, 0.3) is 0 Å². The molecule has 0 bridgehead atoms. The smallest absolute Gasteiger partial charge is 0.246 e. The van der Waals surface area contributed by atoms with Gasteiger partial charge in [0.2, 0.25) is 5.91 Å². The Morgan fingerprint density at radius 1 is 1.24 bits per heavy atom. The molecule has 1 aromatic heterocycles. The molecule has 1 fully saturated rings. The summed E-state index contributed by atoms with van der Waals surface area (Å²) in [5.41, 5.74) is 3.39. The lowest BCUT2D eigenvalue weighted by molar-refractivity contribution is -0.125. The van der Waals surface area contributed by atoms with Crippen LogP contribution in [0.2, 0.25) is 0 Å². The number of carbonyl (C=O) groups is 1. The highest BCUT2D eigenvalue weighted by Gasteiger charge is 2.16. The molecule has 2 aromatic rings. The molecule has 1 aromatic carbocycles. The Hall–Kier alpha value is -2.56. The summed E-state index contributed by atoms with van der Waals surface area (Å²) in [5, 5.41) is 4.11. The molecule has 5 heteroatoms. The molecule has 1 saturated heterocycles. The van der Waals surface area contributed by atoms with Gasteiger partial charge in [-0.15, -0.1) is 0 Å². The van der Waals surface area contributed by atoms with Crippen molar-refractivity contribution in [2.24, 2.45) is 7.05 Å². The molecular formula is C20H26N4O. The van der Waals surface area contributed by atoms with Crippen LogP contribution < -0.4 is 4.90 Å². The number of carbonyl (C=O) groups excluding carboxylic acids is 1. The van der Waals surface area contributed by atoms with E-state index in [9.17, 15) is 4.79 Å². The van der Waals surface area contributed by atoms with Gasteiger partial charge in [-0.2, -0.15) is 5.10 Å². The Labute approximate surface area is 149 Å². The number of piperidine rings is 1. The number of likely N-dealkylation sites (N-methyl/N-ethyl adjacent to an activating group) is 1. The van der Waals surface area contributed by atoms with Gasteiger partial charge in [0.05, 0.1) is 6.20 Å². The Morgan fingerprint density at radius 3 is 2.72 bits per heavy atom. The van der Waals surface area contributed by atoms with E-state index < -0.39 is 0 Å². The average Bonchev–Trinajstić information content (AvgIpc) is 3.06. The molecule has 2 heterocycles. The van der Waals surface area contributed by atoms with Gasteiger partial charge in [0.1, 0.15) is 0 Å². The van der Waals surface area contributed by atoms with Crippen molar-refractivity contribution in [1.82, 2.24) is 14.7 Å². The molecule has 0 aliphatic carbocycles. The molecule has 0 unspecified atom stereocenters. The van der Waals surface area contributed by atoms with Crippen LogP contribution in [0.25, 0.3) is 6.08 Å². The van der Waals surface area contributed by atoms with Gasteiger partial charge >= 0.3 is 0 Å². The number of para-hydroxylation sites is 1.